The lowest BCUT2D eigenvalue weighted by molar-refractivity contribution is -0.146. The first-order valence-electron chi connectivity index (χ1n) is 9.87. The minimum absolute atomic E-state index is 0.134. The van der Waals surface area contributed by atoms with Gasteiger partial charge < -0.3 is 15.4 Å². The maximum atomic E-state index is 11.9. The van der Waals surface area contributed by atoms with Crippen molar-refractivity contribution >= 4 is 40.1 Å². The lowest BCUT2D eigenvalue weighted by Gasteiger charge is -2.22. The van der Waals surface area contributed by atoms with Gasteiger partial charge in [-0.25, -0.2) is 0 Å². The smallest absolute Gasteiger partial charge is 0.316 e. The maximum absolute atomic E-state index is 11.9. The molecule has 2 aliphatic carbocycles. The Kier molecular flexibility index (Phi) is 8.19. The molecular weight excluding hydrogens is 384 g/mol. The molecule has 2 N–H and O–H groups in total. The van der Waals surface area contributed by atoms with E-state index < -0.39 is 5.97 Å². The number of nitrogens with one attached hydrogen (secondary N) is 2. The zero-order chi connectivity index (χ0) is 18.9. The minimum atomic E-state index is -0.407. The predicted molar refractivity (Wildman–Crippen MR) is 107 cm³/mol. The van der Waals surface area contributed by atoms with E-state index in [0.29, 0.717) is 6.04 Å². The third kappa shape index (κ3) is 7.29. The Hall–Kier alpha value is -1.35. The second kappa shape index (κ2) is 10.8. The highest BCUT2D eigenvalue weighted by Crippen LogP contribution is 2.28. The van der Waals surface area contributed by atoms with Crippen molar-refractivity contribution in [3.63, 3.8) is 0 Å². The number of amides is 1. The molecule has 0 aliphatic heterocycles. The van der Waals surface area contributed by atoms with Crippen molar-refractivity contribution in [1.82, 2.24) is 15.5 Å². The lowest BCUT2D eigenvalue weighted by atomic mass is 9.95. The van der Waals surface area contributed by atoms with Crippen LogP contribution < -0.4 is 10.6 Å². The van der Waals surface area contributed by atoms with Crippen LogP contribution in [0.3, 0.4) is 0 Å². The van der Waals surface area contributed by atoms with Gasteiger partial charge in [0.25, 0.3) is 5.91 Å². The van der Waals surface area contributed by atoms with Crippen molar-refractivity contribution in [1.29, 1.82) is 0 Å². The van der Waals surface area contributed by atoms with Gasteiger partial charge in [0.05, 0.1) is 5.75 Å². The van der Waals surface area contributed by atoms with E-state index in [-0.39, 0.29) is 24.3 Å². The van der Waals surface area contributed by atoms with E-state index in [1.54, 1.807) is 0 Å². The molecule has 0 unspecified atom stereocenters. The molecule has 3 rings (SSSR count). The molecule has 2 fully saturated rings. The monoisotopic (exact) mass is 412 g/mol. The van der Waals surface area contributed by atoms with Crippen LogP contribution in [0.5, 0.6) is 0 Å². The fraction of sp³-hybridized carbons (Fsp3) is 0.778. The van der Waals surface area contributed by atoms with Crippen molar-refractivity contribution in [3.8, 4) is 0 Å². The van der Waals surface area contributed by atoms with E-state index in [1.807, 2.05) is 0 Å². The summed E-state index contributed by atoms with van der Waals surface area (Å²) in [6.45, 7) is -0.208. The molecule has 0 saturated heterocycles. The molecule has 1 amide bonds. The van der Waals surface area contributed by atoms with Gasteiger partial charge in [-0.1, -0.05) is 61.6 Å². The van der Waals surface area contributed by atoms with E-state index in [1.165, 1.54) is 61.6 Å². The largest absolute Gasteiger partial charge is 0.455 e. The van der Waals surface area contributed by atoms with Crippen molar-refractivity contribution in [3.05, 3.63) is 0 Å². The normalized spacial score (nSPS) is 18.8. The van der Waals surface area contributed by atoms with Crippen LogP contribution in [0.2, 0.25) is 0 Å². The number of esters is 1. The first kappa shape index (κ1) is 20.4. The number of carbonyl (C=O) groups is 2. The summed E-state index contributed by atoms with van der Waals surface area (Å²) in [5, 5.41) is 15.4. The molecule has 0 aromatic carbocycles. The van der Waals surface area contributed by atoms with Crippen LogP contribution in [0.1, 0.15) is 64.2 Å². The highest BCUT2D eigenvalue weighted by Gasteiger charge is 2.18. The van der Waals surface area contributed by atoms with Crippen LogP contribution in [-0.2, 0) is 14.3 Å². The predicted octanol–water partition coefficient (Wildman–Crippen LogP) is 3.37. The summed E-state index contributed by atoms with van der Waals surface area (Å²) >= 11 is 2.76. The number of carbonyl (C=O) groups excluding carboxylic acids is 2. The number of rotatable bonds is 8. The van der Waals surface area contributed by atoms with E-state index in [4.69, 9.17) is 4.74 Å². The third-order valence-corrected chi connectivity index (χ3v) is 6.95. The quantitative estimate of drug-likeness (QED) is 0.499. The molecule has 0 atom stereocenters. The summed E-state index contributed by atoms with van der Waals surface area (Å²) in [5.41, 5.74) is 0. The minimum Gasteiger partial charge on any atom is -0.455 e. The topological polar surface area (TPSA) is 93.2 Å². The average Bonchev–Trinajstić information content (AvgIpc) is 3.14. The van der Waals surface area contributed by atoms with Gasteiger partial charge in [-0.2, -0.15) is 0 Å². The molecule has 7 nitrogen and oxygen atoms in total. The van der Waals surface area contributed by atoms with E-state index in [9.17, 15) is 9.59 Å². The summed E-state index contributed by atoms with van der Waals surface area (Å²) < 4.78 is 5.80. The van der Waals surface area contributed by atoms with Gasteiger partial charge in [-0.05, 0) is 25.7 Å². The molecule has 1 aromatic heterocycles. The zero-order valence-corrected chi connectivity index (χ0v) is 17.2. The summed E-state index contributed by atoms with van der Waals surface area (Å²) in [6.07, 6.45) is 11.8. The Morgan fingerprint density at radius 2 is 1.67 bits per heavy atom. The van der Waals surface area contributed by atoms with E-state index in [2.05, 4.69) is 20.8 Å². The van der Waals surface area contributed by atoms with Crippen LogP contribution in [0.4, 0.5) is 5.13 Å². The fourth-order valence-corrected chi connectivity index (χ4v) is 5.20. The summed E-state index contributed by atoms with van der Waals surface area (Å²) in [4.78, 5) is 23.7. The van der Waals surface area contributed by atoms with E-state index in [0.717, 1.165) is 35.2 Å². The van der Waals surface area contributed by atoms with Crippen LogP contribution in [0.15, 0.2) is 4.34 Å². The lowest BCUT2D eigenvalue weighted by Crippen LogP contribution is -2.38. The molecular formula is C18H28N4O3S2. The first-order valence-corrected chi connectivity index (χ1v) is 11.7. The molecule has 0 radical (unpaired) electrons. The summed E-state index contributed by atoms with van der Waals surface area (Å²) in [5.74, 6) is -0.486. The van der Waals surface area contributed by atoms with Crippen molar-refractivity contribution in [2.75, 3.05) is 17.7 Å². The highest BCUT2D eigenvalue weighted by atomic mass is 32.2. The van der Waals surface area contributed by atoms with Gasteiger partial charge in [0.15, 0.2) is 10.9 Å². The number of ether oxygens (including phenoxy) is 1. The molecule has 27 heavy (non-hydrogen) atoms. The van der Waals surface area contributed by atoms with Crippen LogP contribution >= 0.6 is 23.1 Å². The zero-order valence-electron chi connectivity index (χ0n) is 15.6. The van der Waals surface area contributed by atoms with Gasteiger partial charge >= 0.3 is 5.97 Å². The Bertz CT molecular complexity index is 614. The van der Waals surface area contributed by atoms with E-state index >= 15 is 0 Å². The molecule has 2 saturated carbocycles. The fourth-order valence-electron chi connectivity index (χ4n) is 3.57. The van der Waals surface area contributed by atoms with Crippen LogP contribution in [0, 0.1) is 0 Å². The molecule has 1 heterocycles. The van der Waals surface area contributed by atoms with Gasteiger partial charge in [0.1, 0.15) is 0 Å². The third-order valence-electron chi connectivity index (χ3n) is 4.99. The van der Waals surface area contributed by atoms with Gasteiger partial charge in [-0.15, -0.1) is 10.2 Å². The molecule has 0 bridgehead atoms. The van der Waals surface area contributed by atoms with Crippen LogP contribution in [-0.4, -0.2) is 46.5 Å². The SMILES string of the molecule is O=C(COC(=O)CSc1nnc(NC2CCCCC2)s1)NC1CCCCC1. The van der Waals surface area contributed by atoms with Crippen molar-refractivity contribution in [2.45, 2.75) is 80.6 Å². The molecule has 2 aliphatic rings. The van der Waals surface area contributed by atoms with Crippen molar-refractivity contribution in [2.24, 2.45) is 0 Å². The summed E-state index contributed by atoms with van der Waals surface area (Å²) in [6, 6.07) is 0.716. The Morgan fingerprint density at radius 3 is 2.37 bits per heavy atom. The number of nitrogens with zero attached hydrogens (tertiary/aromatic N) is 2. The van der Waals surface area contributed by atoms with Crippen molar-refractivity contribution < 1.29 is 14.3 Å². The van der Waals surface area contributed by atoms with Crippen LogP contribution in [0.25, 0.3) is 0 Å². The number of aromatic nitrogens is 2. The highest BCUT2D eigenvalue weighted by molar-refractivity contribution is 8.01. The standard InChI is InChI=1S/C18H28N4O3S2/c23-15(19-13-7-3-1-4-8-13)11-25-16(24)12-26-18-22-21-17(27-18)20-14-9-5-2-6-10-14/h13-14H,1-12H2,(H,19,23)(H,20,21). The number of thioether (sulfide) groups is 1. The Labute approximate surface area is 168 Å². The first-order chi connectivity index (χ1) is 13.2. The van der Waals surface area contributed by atoms with Gasteiger partial charge in [0, 0.05) is 12.1 Å². The Morgan fingerprint density at radius 1 is 1.00 bits per heavy atom. The number of hydrogen-bond donors (Lipinski definition) is 2. The molecule has 1 aromatic rings. The second-order valence-electron chi connectivity index (χ2n) is 7.20. The Balaban J connectivity index is 1.31. The number of hydrogen-bond acceptors (Lipinski definition) is 8. The maximum Gasteiger partial charge on any atom is 0.316 e. The molecule has 0 spiro atoms. The molecule has 150 valence electrons. The van der Waals surface area contributed by atoms with Gasteiger partial charge in [0.2, 0.25) is 5.13 Å². The molecule has 9 heteroatoms. The number of anilines is 1. The summed E-state index contributed by atoms with van der Waals surface area (Å²) in [7, 11) is 0. The second-order valence-corrected chi connectivity index (χ2v) is 9.40. The van der Waals surface area contributed by atoms with Gasteiger partial charge in [-0.3, -0.25) is 9.59 Å². The average molecular weight is 413 g/mol.